The van der Waals surface area contributed by atoms with Crippen LogP contribution >= 0.6 is 0 Å². The molecule has 0 aliphatic carbocycles. The van der Waals surface area contributed by atoms with E-state index in [1.807, 2.05) is 0 Å². The fourth-order valence-corrected chi connectivity index (χ4v) is 2.08. The van der Waals surface area contributed by atoms with Crippen molar-refractivity contribution in [1.82, 2.24) is 4.90 Å². The van der Waals surface area contributed by atoms with Gasteiger partial charge in [0.05, 0.1) is 7.11 Å². The molecule has 6 nitrogen and oxygen atoms in total. The highest BCUT2D eigenvalue weighted by atomic mass is 19.1. The van der Waals surface area contributed by atoms with Crippen molar-refractivity contribution >= 4 is 11.9 Å². The zero-order valence-corrected chi connectivity index (χ0v) is 16.1. The Hall–Kier alpha value is -2.15. The molecule has 0 aromatic heterocycles. The Morgan fingerprint density at radius 1 is 1.23 bits per heavy atom. The van der Waals surface area contributed by atoms with Gasteiger partial charge in [-0.1, -0.05) is 19.9 Å². The van der Waals surface area contributed by atoms with Gasteiger partial charge in [-0.15, -0.1) is 0 Å². The zero-order chi connectivity index (χ0) is 19.7. The highest BCUT2D eigenvalue weighted by molar-refractivity contribution is 5.81. The first kappa shape index (κ1) is 21.9. The van der Waals surface area contributed by atoms with Gasteiger partial charge in [0.2, 0.25) is 0 Å². The van der Waals surface area contributed by atoms with Crippen LogP contribution in [0.3, 0.4) is 0 Å². The first-order valence-electron chi connectivity index (χ1n) is 8.59. The maximum Gasteiger partial charge on any atom is 0.335 e. The van der Waals surface area contributed by atoms with E-state index in [1.165, 1.54) is 24.1 Å². The minimum Gasteiger partial charge on any atom is -0.494 e. The van der Waals surface area contributed by atoms with E-state index < -0.39 is 17.9 Å². The molecule has 1 amide bonds. The molecule has 0 saturated carbocycles. The summed E-state index contributed by atoms with van der Waals surface area (Å²) in [6.07, 6.45) is 0.125. The molecule has 146 valence electrons. The Balaban J connectivity index is 2.42. The summed E-state index contributed by atoms with van der Waals surface area (Å²) in [6.45, 7) is 6.00. The van der Waals surface area contributed by atoms with Crippen LogP contribution in [-0.2, 0) is 25.6 Å². The number of amides is 1. The average molecular weight is 369 g/mol. The van der Waals surface area contributed by atoms with Gasteiger partial charge < -0.3 is 19.1 Å². The maximum absolute atomic E-state index is 13.7. The Morgan fingerprint density at radius 2 is 1.92 bits per heavy atom. The van der Waals surface area contributed by atoms with Gasteiger partial charge in [0.25, 0.3) is 5.91 Å². The van der Waals surface area contributed by atoms with E-state index in [1.54, 1.807) is 20.0 Å². The van der Waals surface area contributed by atoms with Crippen molar-refractivity contribution in [2.24, 2.45) is 5.92 Å². The third-order valence-corrected chi connectivity index (χ3v) is 3.79. The van der Waals surface area contributed by atoms with E-state index in [4.69, 9.17) is 14.2 Å². The summed E-state index contributed by atoms with van der Waals surface area (Å²) in [6, 6.07) is 4.47. The number of rotatable bonds is 10. The molecule has 1 aromatic carbocycles. The second-order valence-corrected chi connectivity index (χ2v) is 6.52. The Morgan fingerprint density at radius 3 is 2.50 bits per heavy atom. The number of benzene rings is 1. The maximum atomic E-state index is 13.7. The number of carbonyl (C=O) groups is 2. The van der Waals surface area contributed by atoms with E-state index in [0.29, 0.717) is 18.1 Å². The van der Waals surface area contributed by atoms with Crippen LogP contribution in [0, 0.1) is 11.7 Å². The third kappa shape index (κ3) is 7.39. The molecule has 0 radical (unpaired) electrons. The summed E-state index contributed by atoms with van der Waals surface area (Å²) in [5, 5.41) is 0. The van der Waals surface area contributed by atoms with E-state index in [9.17, 15) is 14.0 Å². The molecule has 1 aromatic rings. The summed E-state index contributed by atoms with van der Waals surface area (Å²) in [7, 11) is 2.94. The van der Waals surface area contributed by atoms with Gasteiger partial charge in [-0.3, -0.25) is 4.79 Å². The van der Waals surface area contributed by atoms with Crippen molar-refractivity contribution in [1.29, 1.82) is 0 Å². The van der Waals surface area contributed by atoms with Gasteiger partial charge in [-0.25, -0.2) is 9.18 Å². The van der Waals surface area contributed by atoms with Crippen molar-refractivity contribution in [2.45, 2.75) is 39.8 Å². The SMILES string of the molecule is COc1ccc(CN(C)C(=O)COC(=O)C(C)OCCC(C)C)cc1F. The fraction of sp³-hybridized carbons (Fsp3) is 0.579. The minimum absolute atomic E-state index is 0.142. The Kier molecular flexibility index (Phi) is 9.05. The number of nitrogens with zero attached hydrogens (tertiary/aromatic N) is 1. The summed E-state index contributed by atoms with van der Waals surface area (Å²) >= 11 is 0. The van der Waals surface area contributed by atoms with Crippen LogP contribution in [0.25, 0.3) is 0 Å². The lowest BCUT2D eigenvalue weighted by Crippen LogP contribution is -2.33. The topological polar surface area (TPSA) is 65.1 Å². The second-order valence-electron chi connectivity index (χ2n) is 6.52. The normalized spacial score (nSPS) is 12.0. The van der Waals surface area contributed by atoms with Crippen LogP contribution in [-0.4, -0.2) is 50.3 Å². The number of likely N-dealkylation sites (N-methyl/N-ethyl adjacent to an activating group) is 1. The molecule has 1 atom stereocenters. The average Bonchev–Trinajstić information content (AvgIpc) is 2.58. The molecular weight excluding hydrogens is 341 g/mol. The van der Waals surface area contributed by atoms with Gasteiger partial charge in [-0.2, -0.15) is 0 Å². The number of esters is 1. The minimum atomic E-state index is -0.720. The Labute approximate surface area is 154 Å². The molecule has 26 heavy (non-hydrogen) atoms. The summed E-state index contributed by atoms with van der Waals surface area (Å²) in [5.41, 5.74) is 0.607. The smallest absolute Gasteiger partial charge is 0.335 e. The fourth-order valence-electron chi connectivity index (χ4n) is 2.08. The molecule has 0 aliphatic heterocycles. The number of methoxy groups -OCH3 is 1. The van der Waals surface area contributed by atoms with Crippen LogP contribution in [0.15, 0.2) is 18.2 Å². The number of hydrogen-bond acceptors (Lipinski definition) is 5. The van der Waals surface area contributed by atoms with Crippen LogP contribution in [0.1, 0.15) is 32.8 Å². The van der Waals surface area contributed by atoms with Gasteiger partial charge in [0.15, 0.2) is 24.3 Å². The van der Waals surface area contributed by atoms with Crippen LogP contribution in [0.5, 0.6) is 5.75 Å². The first-order valence-corrected chi connectivity index (χ1v) is 8.59. The van der Waals surface area contributed by atoms with Crippen molar-refractivity contribution < 1.29 is 28.2 Å². The lowest BCUT2D eigenvalue weighted by Gasteiger charge is -2.18. The molecule has 0 saturated heterocycles. The first-order chi connectivity index (χ1) is 12.2. The predicted molar refractivity (Wildman–Crippen MR) is 95.3 cm³/mol. The van der Waals surface area contributed by atoms with E-state index >= 15 is 0 Å². The van der Waals surface area contributed by atoms with Crippen molar-refractivity contribution in [3.63, 3.8) is 0 Å². The molecule has 0 N–H and O–H groups in total. The van der Waals surface area contributed by atoms with Crippen molar-refractivity contribution in [3.8, 4) is 5.75 Å². The van der Waals surface area contributed by atoms with Crippen LogP contribution < -0.4 is 4.74 Å². The molecular formula is C19H28FNO5. The molecule has 0 spiro atoms. The number of ether oxygens (including phenoxy) is 3. The van der Waals surface area contributed by atoms with Gasteiger partial charge in [0, 0.05) is 20.2 Å². The molecule has 0 heterocycles. The number of hydrogen-bond donors (Lipinski definition) is 0. The standard InChI is InChI=1S/C19H28FNO5/c1-13(2)8-9-25-14(3)19(23)26-12-18(22)21(4)11-15-6-7-17(24-5)16(20)10-15/h6-7,10,13-14H,8-9,11-12H2,1-5H3. The summed E-state index contributed by atoms with van der Waals surface area (Å²) in [5.74, 6) is -0.834. The lowest BCUT2D eigenvalue weighted by atomic mass is 10.1. The monoisotopic (exact) mass is 369 g/mol. The molecule has 0 aliphatic rings. The predicted octanol–water partition coefficient (Wildman–Crippen LogP) is 2.79. The van der Waals surface area contributed by atoms with Crippen molar-refractivity contribution in [3.05, 3.63) is 29.6 Å². The highest BCUT2D eigenvalue weighted by Gasteiger charge is 2.18. The number of halogens is 1. The molecule has 1 rings (SSSR count). The van der Waals surface area contributed by atoms with Crippen LogP contribution in [0.4, 0.5) is 4.39 Å². The zero-order valence-electron chi connectivity index (χ0n) is 16.1. The lowest BCUT2D eigenvalue weighted by molar-refractivity contribution is -0.161. The molecule has 0 bridgehead atoms. The number of carbonyl (C=O) groups excluding carboxylic acids is 2. The van der Waals surface area contributed by atoms with Gasteiger partial charge in [-0.05, 0) is 37.0 Å². The van der Waals surface area contributed by atoms with E-state index in [0.717, 1.165) is 6.42 Å². The van der Waals surface area contributed by atoms with Gasteiger partial charge in [0.1, 0.15) is 0 Å². The Bertz CT molecular complexity index is 606. The quantitative estimate of drug-likeness (QED) is 0.594. The van der Waals surface area contributed by atoms with Crippen molar-refractivity contribution in [2.75, 3.05) is 27.4 Å². The molecule has 7 heteroatoms. The van der Waals surface area contributed by atoms with E-state index in [2.05, 4.69) is 13.8 Å². The van der Waals surface area contributed by atoms with Gasteiger partial charge >= 0.3 is 5.97 Å². The third-order valence-electron chi connectivity index (χ3n) is 3.79. The van der Waals surface area contributed by atoms with E-state index in [-0.39, 0.29) is 24.8 Å². The molecule has 1 unspecified atom stereocenters. The molecule has 0 fully saturated rings. The highest BCUT2D eigenvalue weighted by Crippen LogP contribution is 2.18. The largest absolute Gasteiger partial charge is 0.494 e. The summed E-state index contributed by atoms with van der Waals surface area (Å²) < 4.78 is 28.9. The van der Waals surface area contributed by atoms with Crippen LogP contribution in [0.2, 0.25) is 0 Å². The summed E-state index contributed by atoms with van der Waals surface area (Å²) in [4.78, 5) is 25.3. The second kappa shape index (κ2) is 10.8.